The smallest absolute Gasteiger partial charge is 0.247 e. The predicted octanol–water partition coefficient (Wildman–Crippen LogP) is 4.89. The van der Waals surface area contributed by atoms with Gasteiger partial charge < -0.3 is 30.5 Å². The van der Waals surface area contributed by atoms with E-state index in [1.807, 2.05) is 32.1 Å². The lowest BCUT2D eigenvalue weighted by molar-refractivity contribution is -0.111. The molecule has 190 valence electrons. The molecule has 0 unspecified atom stereocenters. The third kappa shape index (κ3) is 6.83. The average Bonchev–Trinajstić information content (AvgIpc) is 2.85. The van der Waals surface area contributed by atoms with E-state index in [4.69, 9.17) is 16.3 Å². The highest BCUT2D eigenvalue weighted by atomic mass is 35.5. The number of hydrogen-bond donors (Lipinski definition) is 3. The Kier molecular flexibility index (Phi) is 9.04. The van der Waals surface area contributed by atoms with Crippen molar-refractivity contribution in [1.29, 1.82) is 0 Å². The third-order valence-electron chi connectivity index (χ3n) is 5.20. The summed E-state index contributed by atoms with van der Waals surface area (Å²) in [6, 6.07) is 9.85. The van der Waals surface area contributed by atoms with E-state index in [-0.39, 0.29) is 16.6 Å². The molecule has 0 radical (unpaired) electrons. The molecule has 1 heterocycles. The summed E-state index contributed by atoms with van der Waals surface area (Å²) in [5.41, 5.74) is 2.08. The van der Waals surface area contributed by atoms with Crippen LogP contribution in [0, 0.1) is 5.82 Å². The molecule has 1 amide bonds. The Labute approximate surface area is 214 Å². The summed E-state index contributed by atoms with van der Waals surface area (Å²) >= 11 is 5.87. The monoisotopic (exact) mass is 513 g/mol. The molecule has 0 saturated heterocycles. The zero-order valence-electron chi connectivity index (χ0n) is 20.6. The Morgan fingerprint density at radius 2 is 1.78 bits per heavy atom. The minimum absolute atomic E-state index is 0.00174. The number of ether oxygens (including phenoxy) is 1. The summed E-state index contributed by atoms with van der Waals surface area (Å²) in [4.78, 5) is 24.6. The van der Waals surface area contributed by atoms with Gasteiger partial charge in [0.1, 0.15) is 23.7 Å². The number of amides is 1. The largest absolute Gasteiger partial charge is 0.494 e. The molecule has 0 aliphatic carbocycles. The number of nitrogens with zero attached hydrogens (tertiary/aromatic N) is 4. The van der Waals surface area contributed by atoms with Crippen molar-refractivity contribution in [3.63, 3.8) is 0 Å². The molecular formula is C25H29ClFN7O2. The minimum Gasteiger partial charge on any atom is -0.494 e. The number of benzene rings is 2. The molecule has 11 heteroatoms. The fraction of sp³-hybridized carbons (Fsp3) is 0.240. The van der Waals surface area contributed by atoms with Crippen molar-refractivity contribution in [2.24, 2.45) is 0 Å². The number of carbonyl (C=O) groups is 1. The first-order valence-electron chi connectivity index (χ1n) is 11.0. The summed E-state index contributed by atoms with van der Waals surface area (Å²) in [6.07, 6.45) is 2.54. The second kappa shape index (κ2) is 12.2. The fourth-order valence-corrected chi connectivity index (χ4v) is 3.45. The van der Waals surface area contributed by atoms with E-state index in [9.17, 15) is 9.18 Å². The first kappa shape index (κ1) is 26.7. The molecule has 0 fully saturated rings. The Bertz CT molecular complexity index is 1240. The number of carbonyl (C=O) groups excluding carboxylic acids is 1. The van der Waals surface area contributed by atoms with Gasteiger partial charge >= 0.3 is 0 Å². The minimum atomic E-state index is -0.578. The lowest BCUT2D eigenvalue weighted by atomic mass is 10.2. The molecule has 0 atom stereocenters. The zero-order valence-corrected chi connectivity index (χ0v) is 21.4. The number of nitrogens with one attached hydrogen (secondary N) is 3. The van der Waals surface area contributed by atoms with Crippen molar-refractivity contribution in [3.05, 3.63) is 66.2 Å². The van der Waals surface area contributed by atoms with Crippen LogP contribution in [-0.2, 0) is 4.79 Å². The molecule has 0 aliphatic heterocycles. The van der Waals surface area contributed by atoms with E-state index in [1.165, 1.54) is 18.5 Å². The van der Waals surface area contributed by atoms with Gasteiger partial charge in [0, 0.05) is 32.3 Å². The van der Waals surface area contributed by atoms with Crippen LogP contribution in [0.15, 0.2) is 55.4 Å². The highest BCUT2D eigenvalue weighted by molar-refractivity contribution is 6.31. The Morgan fingerprint density at radius 1 is 1.08 bits per heavy atom. The number of aromatic nitrogens is 2. The highest BCUT2D eigenvalue weighted by Crippen LogP contribution is 2.38. The molecule has 0 spiro atoms. The van der Waals surface area contributed by atoms with Gasteiger partial charge in [-0.25, -0.2) is 14.4 Å². The van der Waals surface area contributed by atoms with Crippen LogP contribution in [0.5, 0.6) is 5.75 Å². The van der Waals surface area contributed by atoms with Crippen LogP contribution in [0.3, 0.4) is 0 Å². The average molecular weight is 514 g/mol. The van der Waals surface area contributed by atoms with Crippen molar-refractivity contribution >= 4 is 51.9 Å². The standard InChI is InChI=1S/C25H29ClFN7O2/c1-6-24(35)32-18-12-19(21(36-5)13-20(18)34(4)11-10-33(2)3)31-23-14-22(28-15-29-23)30-17-9-7-8-16(26)25(17)27/h6-9,12-15H,1,10-11H2,2-5H3,(H,32,35)(H2,28,29,30,31). The van der Waals surface area contributed by atoms with Crippen LogP contribution in [-0.4, -0.2) is 62.1 Å². The van der Waals surface area contributed by atoms with Gasteiger partial charge in [-0.2, -0.15) is 0 Å². The molecule has 36 heavy (non-hydrogen) atoms. The van der Waals surface area contributed by atoms with Crippen LogP contribution >= 0.6 is 11.6 Å². The summed E-state index contributed by atoms with van der Waals surface area (Å²) in [5, 5.41) is 8.94. The van der Waals surface area contributed by atoms with Crippen molar-refractivity contribution in [2.75, 3.05) is 62.2 Å². The molecule has 3 rings (SSSR count). The van der Waals surface area contributed by atoms with E-state index in [1.54, 1.807) is 31.4 Å². The molecule has 1 aromatic heterocycles. The zero-order chi connectivity index (χ0) is 26.2. The molecule has 0 bridgehead atoms. The molecule has 0 aliphatic rings. The third-order valence-corrected chi connectivity index (χ3v) is 5.49. The SMILES string of the molecule is C=CC(=O)Nc1cc(Nc2cc(Nc3cccc(Cl)c3F)ncn2)c(OC)cc1N(C)CCN(C)C. The van der Waals surface area contributed by atoms with Crippen molar-refractivity contribution < 1.29 is 13.9 Å². The maximum absolute atomic E-state index is 14.3. The maximum Gasteiger partial charge on any atom is 0.247 e. The summed E-state index contributed by atoms with van der Waals surface area (Å²) in [6.45, 7) is 5.08. The Hall–Kier alpha value is -3.89. The van der Waals surface area contributed by atoms with Gasteiger partial charge in [0.05, 0.1) is 34.9 Å². The maximum atomic E-state index is 14.3. The van der Waals surface area contributed by atoms with E-state index in [0.717, 1.165) is 18.8 Å². The molecular weight excluding hydrogens is 485 g/mol. The first-order chi connectivity index (χ1) is 17.2. The van der Waals surface area contributed by atoms with Gasteiger partial charge in [-0.15, -0.1) is 0 Å². The predicted molar refractivity (Wildman–Crippen MR) is 144 cm³/mol. The van der Waals surface area contributed by atoms with Gasteiger partial charge in [0.15, 0.2) is 5.82 Å². The van der Waals surface area contributed by atoms with Crippen LogP contribution < -0.4 is 25.6 Å². The molecule has 3 aromatic rings. The fourth-order valence-electron chi connectivity index (χ4n) is 3.28. The van der Waals surface area contributed by atoms with E-state index in [0.29, 0.717) is 28.8 Å². The van der Waals surface area contributed by atoms with Gasteiger partial charge in [-0.3, -0.25) is 4.79 Å². The number of halogens is 2. The van der Waals surface area contributed by atoms with Crippen molar-refractivity contribution in [2.45, 2.75) is 0 Å². The second-order valence-electron chi connectivity index (χ2n) is 8.13. The lowest BCUT2D eigenvalue weighted by Crippen LogP contribution is -2.29. The van der Waals surface area contributed by atoms with Gasteiger partial charge in [0.25, 0.3) is 0 Å². The normalized spacial score (nSPS) is 10.6. The number of hydrogen-bond acceptors (Lipinski definition) is 8. The Morgan fingerprint density at radius 3 is 2.42 bits per heavy atom. The molecule has 2 aromatic carbocycles. The lowest BCUT2D eigenvalue weighted by Gasteiger charge is -2.26. The van der Waals surface area contributed by atoms with Crippen LogP contribution in [0.2, 0.25) is 5.02 Å². The molecule has 9 nitrogen and oxygen atoms in total. The molecule has 3 N–H and O–H groups in total. The summed E-state index contributed by atoms with van der Waals surface area (Å²) in [7, 11) is 7.48. The summed E-state index contributed by atoms with van der Waals surface area (Å²) in [5.74, 6) is 0.388. The number of rotatable bonds is 11. The van der Waals surface area contributed by atoms with E-state index >= 15 is 0 Å². The van der Waals surface area contributed by atoms with Crippen molar-refractivity contribution in [3.8, 4) is 5.75 Å². The number of methoxy groups -OCH3 is 1. The molecule has 0 saturated carbocycles. The van der Waals surface area contributed by atoms with Gasteiger partial charge in [-0.05, 0) is 38.4 Å². The number of anilines is 6. The number of likely N-dealkylation sites (N-methyl/N-ethyl adjacent to an activating group) is 2. The topological polar surface area (TPSA) is 94.7 Å². The second-order valence-corrected chi connectivity index (χ2v) is 8.53. The quantitative estimate of drug-likeness (QED) is 0.312. The highest BCUT2D eigenvalue weighted by Gasteiger charge is 2.16. The van der Waals surface area contributed by atoms with Crippen LogP contribution in [0.25, 0.3) is 0 Å². The first-order valence-corrected chi connectivity index (χ1v) is 11.4. The van der Waals surface area contributed by atoms with Crippen molar-refractivity contribution in [1.82, 2.24) is 14.9 Å². The van der Waals surface area contributed by atoms with Crippen LogP contribution in [0.4, 0.5) is 38.8 Å². The van der Waals surface area contributed by atoms with Gasteiger partial charge in [0.2, 0.25) is 5.91 Å². The van der Waals surface area contributed by atoms with E-state index in [2.05, 4.69) is 37.4 Å². The van der Waals surface area contributed by atoms with Gasteiger partial charge in [-0.1, -0.05) is 24.2 Å². The summed E-state index contributed by atoms with van der Waals surface area (Å²) < 4.78 is 19.9. The Balaban J connectivity index is 1.93. The van der Waals surface area contributed by atoms with Crippen LogP contribution in [0.1, 0.15) is 0 Å². The van der Waals surface area contributed by atoms with E-state index < -0.39 is 5.82 Å².